The Balaban J connectivity index is 2.23. The summed E-state index contributed by atoms with van der Waals surface area (Å²) < 4.78 is 0. The van der Waals surface area contributed by atoms with Crippen LogP contribution in [0.5, 0.6) is 0 Å². The molecule has 0 aliphatic heterocycles. The van der Waals surface area contributed by atoms with E-state index in [1.807, 2.05) is 19.2 Å². The van der Waals surface area contributed by atoms with Crippen molar-refractivity contribution < 1.29 is 4.79 Å². The Labute approximate surface area is 114 Å². The summed E-state index contributed by atoms with van der Waals surface area (Å²) in [7, 11) is 0. The zero-order valence-corrected chi connectivity index (χ0v) is 12.4. The molecular weight excluding hydrogens is 266 g/mol. The highest BCUT2D eigenvalue weighted by Gasteiger charge is 2.19. The number of hydrogen-bond donors (Lipinski definition) is 1. The second-order valence-corrected chi connectivity index (χ2v) is 6.44. The van der Waals surface area contributed by atoms with Gasteiger partial charge in [-0.05, 0) is 19.8 Å². The molecule has 2 heterocycles. The molecule has 0 fully saturated rings. The van der Waals surface area contributed by atoms with Crippen molar-refractivity contribution >= 4 is 33.7 Å². The van der Waals surface area contributed by atoms with Crippen LogP contribution in [0.25, 0.3) is 0 Å². The van der Waals surface area contributed by atoms with E-state index in [1.54, 1.807) is 11.3 Å². The van der Waals surface area contributed by atoms with E-state index in [9.17, 15) is 4.79 Å². The largest absolute Gasteiger partial charge is 0.296 e. The van der Waals surface area contributed by atoms with Crippen LogP contribution in [0.1, 0.15) is 45.8 Å². The van der Waals surface area contributed by atoms with E-state index in [2.05, 4.69) is 29.1 Å². The van der Waals surface area contributed by atoms with E-state index in [4.69, 9.17) is 0 Å². The molecule has 6 heteroatoms. The number of thiazole rings is 2. The van der Waals surface area contributed by atoms with Gasteiger partial charge in [0.1, 0.15) is 5.69 Å². The fourth-order valence-corrected chi connectivity index (χ4v) is 3.17. The van der Waals surface area contributed by atoms with Gasteiger partial charge < -0.3 is 0 Å². The minimum Gasteiger partial charge on any atom is -0.296 e. The normalized spacial score (nSPS) is 10.9. The third-order valence-electron chi connectivity index (χ3n) is 2.34. The van der Waals surface area contributed by atoms with Crippen molar-refractivity contribution in [1.82, 2.24) is 9.97 Å². The van der Waals surface area contributed by atoms with Crippen molar-refractivity contribution in [3.05, 3.63) is 26.7 Å². The number of carbonyl (C=O) groups is 1. The Morgan fingerprint density at radius 3 is 2.61 bits per heavy atom. The first kappa shape index (κ1) is 13.2. The molecule has 2 rings (SSSR count). The van der Waals surface area contributed by atoms with Gasteiger partial charge in [-0.3, -0.25) is 10.1 Å². The van der Waals surface area contributed by atoms with Gasteiger partial charge >= 0.3 is 0 Å². The molecule has 0 radical (unpaired) electrons. The van der Waals surface area contributed by atoms with Crippen LogP contribution in [0.3, 0.4) is 0 Å². The number of anilines is 1. The third kappa shape index (κ3) is 2.76. The molecule has 0 aliphatic carbocycles. The van der Waals surface area contributed by atoms with Crippen molar-refractivity contribution in [2.45, 2.75) is 33.6 Å². The topological polar surface area (TPSA) is 54.9 Å². The van der Waals surface area contributed by atoms with Crippen LogP contribution >= 0.6 is 22.7 Å². The van der Waals surface area contributed by atoms with Crippen LogP contribution < -0.4 is 5.32 Å². The first-order valence-electron chi connectivity index (χ1n) is 5.68. The minimum atomic E-state index is -0.169. The lowest BCUT2D eigenvalue weighted by Gasteiger charge is -2.04. The fourth-order valence-electron chi connectivity index (χ4n) is 1.56. The van der Waals surface area contributed by atoms with Gasteiger partial charge in [-0.25, -0.2) is 9.97 Å². The van der Waals surface area contributed by atoms with Crippen molar-refractivity contribution in [2.75, 3.05) is 5.32 Å². The number of carbonyl (C=O) groups excluding carboxylic acids is 1. The Morgan fingerprint density at radius 1 is 1.33 bits per heavy atom. The Morgan fingerprint density at radius 2 is 2.06 bits per heavy atom. The Kier molecular flexibility index (Phi) is 3.77. The van der Waals surface area contributed by atoms with Crippen LogP contribution in [-0.4, -0.2) is 15.9 Å². The molecule has 96 valence electrons. The van der Waals surface area contributed by atoms with E-state index in [-0.39, 0.29) is 5.91 Å². The molecule has 1 amide bonds. The van der Waals surface area contributed by atoms with E-state index in [1.165, 1.54) is 11.3 Å². The number of aryl methyl sites for hydroxylation is 2. The molecule has 2 aromatic rings. The summed E-state index contributed by atoms with van der Waals surface area (Å²) in [5.41, 5.74) is 1.44. The van der Waals surface area contributed by atoms with E-state index in [0.717, 1.165) is 15.6 Å². The first-order valence-corrected chi connectivity index (χ1v) is 7.37. The molecule has 0 atom stereocenters. The summed E-state index contributed by atoms with van der Waals surface area (Å²) >= 11 is 3.00. The molecule has 0 saturated carbocycles. The van der Waals surface area contributed by atoms with Gasteiger partial charge in [0.05, 0.1) is 10.7 Å². The van der Waals surface area contributed by atoms with Gasteiger partial charge in [0, 0.05) is 10.3 Å². The van der Waals surface area contributed by atoms with E-state index in [0.29, 0.717) is 16.7 Å². The predicted molar refractivity (Wildman–Crippen MR) is 75.7 cm³/mol. The average Bonchev–Trinajstić information content (AvgIpc) is 2.85. The SMILES string of the molecule is Cc1csc(NC(=O)c2nc(C)sc2C(C)C)n1. The highest BCUT2D eigenvalue weighted by atomic mass is 32.1. The number of nitrogens with one attached hydrogen (secondary N) is 1. The van der Waals surface area contributed by atoms with Gasteiger partial charge in [-0.2, -0.15) is 0 Å². The Hall–Kier alpha value is -1.27. The maximum Gasteiger partial charge on any atom is 0.277 e. The van der Waals surface area contributed by atoms with Gasteiger partial charge in [0.15, 0.2) is 5.13 Å². The average molecular weight is 281 g/mol. The number of amides is 1. The summed E-state index contributed by atoms with van der Waals surface area (Å²) in [6, 6.07) is 0. The van der Waals surface area contributed by atoms with Gasteiger partial charge in [0.25, 0.3) is 5.91 Å². The van der Waals surface area contributed by atoms with Crippen molar-refractivity contribution in [3.8, 4) is 0 Å². The molecule has 18 heavy (non-hydrogen) atoms. The van der Waals surface area contributed by atoms with Gasteiger partial charge in [-0.1, -0.05) is 13.8 Å². The number of aromatic nitrogens is 2. The summed E-state index contributed by atoms with van der Waals surface area (Å²) in [5.74, 6) is 0.132. The lowest BCUT2D eigenvalue weighted by molar-refractivity contribution is 0.102. The maximum atomic E-state index is 12.2. The van der Waals surface area contributed by atoms with Crippen LogP contribution in [0, 0.1) is 13.8 Å². The Bertz CT molecular complexity index is 572. The molecule has 2 aromatic heterocycles. The van der Waals surface area contributed by atoms with E-state index >= 15 is 0 Å². The summed E-state index contributed by atoms with van der Waals surface area (Å²) in [5, 5.41) is 6.25. The molecule has 4 nitrogen and oxygen atoms in total. The monoisotopic (exact) mass is 281 g/mol. The molecule has 0 aromatic carbocycles. The molecule has 1 N–H and O–H groups in total. The zero-order chi connectivity index (χ0) is 13.3. The smallest absolute Gasteiger partial charge is 0.277 e. The van der Waals surface area contributed by atoms with Crippen molar-refractivity contribution in [3.63, 3.8) is 0 Å². The fraction of sp³-hybridized carbons (Fsp3) is 0.417. The molecule has 0 spiro atoms. The molecule has 0 unspecified atom stereocenters. The minimum absolute atomic E-state index is 0.169. The highest BCUT2D eigenvalue weighted by molar-refractivity contribution is 7.14. The van der Waals surface area contributed by atoms with Crippen LogP contribution in [0.2, 0.25) is 0 Å². The highest BCUT2D eigenvalue weighted by Crippen LogP contribution is 2.27. The maximum absolute atomic E-state index is 12.2. The van der Waals surface area contributed by atoms with Crippen molar-refractivity contribution in [1.29, 1.82) is 0 Å². The lowest BCUT2D eigenvalue weighted by atomic mass is 10.1. The third-order valence-corrected chi connectivity index (χ3v) is 4.49. The zero-order valence-electron chi connectivity index (χ0n) is 10.8. The lowest BCUT2D eigenvalue weighted by Crippen LogP contribution is -2.14. The standard InChI is InChI=1S/C12H15N3OS2/c1-6(2)10-9(14-8(4)18-10)11(16)15-12-13-7(3)5-17-12/h5-6H,1-4H3,(H,13,15,16). The summed E-state index contributed by atoms with van der Waals surface area (Å²) in [4.78, 5) is 21.7. The van der Waals surface area contributed by atoms with Crippen LogP contribution in [0.15, 0.2) is 5.38 Å². The molecular formula is C12H15N3OS2. The first-order chi connectivity index (χ1) is 8.47. The van der Waals surface area contributed by atoms with Crippen LogP contribution in [-0.2, 0) is 0 Å². The van der Waals surface area contributed by atoms with Gasteiger partial charge in [0.2, 0.25) is 0 Å². The summed E-state index contributed by atoms with van der Waals surface area (Å²) in [6.07, 6.45) is 0. The number of rotatable bonds is 3. The van der Waals surface area contributed by atoms with Gasteiger partial charge in [-0.15, -0.1) is 22.7 Å². The molecule has 0 saturated heterocycles. The van der Waals surface area contributed by atoms with Crippen LogP contribution in [0.4, 0.5) is 5.13 Å². The second kappa shape index (κ2) is 5.16. The second-order valence-electron chi connectivity index (χ2n) is 4.35. The van der Waals surface area contributed by atoms with E-state index < -0.39 is 0 Å². The number of hydrogen-bond acceptors (Lipinski definition) is 5. The summed E-state index contributed by atoms with van der Waals surface area (Å²) in [6.45, 7) is 7.95. The molecule has 0 bridgehead atoms. The van der Waals surface area contributed by atoms with Crippen molar-refractivity contribution in [2.24, 2.45) is 0 Å². The predicted octanol–water partition coefficient (Wildman–Crippen LogP) is 3.59. The number of nitrogens with zero attached hydrogens (tertiary/aromatic N) is 2. The quantitative estimate of drug-likeness (QED) is 0.935. The molecule has 0 aliphatic rings.